The van der Waals surface area contributed by atoms with E-state index in [9.17, 15) is 9.59 Å². The van der Waals surface area contributed by atoms with Gasteiger partial charge in [0.2, 0.25) is 5.56 Å². The molecule has 1 amide bonds. The monoisotopic (exact) mass is 276 g/mol. The summed E-state index contributed by atoms with van der Waals surface area (Å²) >= 11 is 5.81. The summed E-state index contributed by atoms with van der Waals surface area (Å²) in [5, 5.41) is 0.660. The van der Waals surface area contributed by atoms with Crippen molar-refractivity contribution in [2.75, 3.05) is 7.05 Å². The molecule has 0 aliphatic heterocycles. The van der Waals surface area contributed by atoms with Gasteiger partial charge in [0, 0.05) is 36.4 Å². The summed E-state index contributed by atoms with van der Waals surface area (Å²) < 4.78 is 0. The van der Waals surface area contributed by atoms with Crippen LogP contribution in [0.15, 0.2) is 47.4 Å². The summed E-state index contributed by atoms with van der Waals surface area (Å²) in [6, 6.07) is 10.2. The van der Waals surface area contributed by atoms with Crippen LogP contribution in [0.3, 0.4) is 0 Å². The molecule has 0 bridgehead atoms. The smallest absolute Gasteiger partial charge is 0.254 e. The molecule has 0 aliphatic rings. The zero-order valence-corrected chi connectivity index (χ0v) is 11.1. The first-order valence-corrected chi connectivity index (χ1v) is 6.13. The van der Waals surface area contributed by atoms with E-state index >= 15 is 0 Å². The van der Waals surface area contributed by atoms with E-state index in [1.807, 2.05) is 12.1 Å². The Morgan fingerprint density at radius 1 is 1.26 bits per heavy atom. The van der Waals surface area contributed by atoms with Gasteiger partial charge in [-0.1, -0.05) is 23.7 Å². The number of hydrogen-bond acceptors (Lipinski definition) is 2. The third kappa shape index (κ3) is 3.45. The van der Waals surface area contributed by atoms with Crippen molar-refractivity contribution >= 4 is 17.5 Å². The quantitative estimate of drug-likeness (QED) is 0.935. The molecule has 0 atom stereocenters. The molecule has 98 valence electrons. The second-order valence-corrected chi connectivity index (χ2v) is 4.67. The van der Waals surface area contributed by atoms with Gasteiger partial charge in [0.05, 0.1) is 0 Å². The van der Waals surface area contributed by atoms with Crippen molar-refractivity contribution in [3.8, 4) is 0 Å². The molecule has 1 aromatic heterocycles. The largest absolute Gasteiger partial charge is 0.337 e. The van der Waals surface area contributed by atoms with Crippen LogP contribution in [0.25, 0.3) is 0 Å². The van der Waals surface area contributed by atoms with Gasteiger partial charge in [0.15, 0.2) is 0 Å². The Balaban J connectivity index is 2.11. The number of pyridine rings is 1. The van der Waals surface area contributed by atoms with E-state index in [2.05, 4.69) is 4.98 Å². The molecule has 2 aromatic rings. The molecule has 1 N–H and O–H groups in total. The van der Waals surface area contributed by atoms with E-state index in [0.29, 0.717) is 17.1 Å². The minimum atomic E-state index is -0.286. The molecule has 4 nitrogen and oxygen atoms in total. The highest BCUT2D eigenvalue weighted by Gasteiger charge is 2.12. The fraction of sp³-hybridized carbons (Fsp3) is 0.143. The minimum Gasteiger partial charge on any atom is -0.337 e. The lowest BCUT2D eigenvalue weighted by Gasteiger charge is -2.17. The van der Waals surface area contributed by atoms with Gasteiger partial charge in [-0.2, -0.15) is 0 Å². The van der Waals surface area contributed by atoms with Crippen LogP contribution >= 0.6 is 11.6 Å². The molecule has 1 heterocycles. The van der Waals surface area contributed by atoms with E-state index in [1.165, 1.54) is 12.3 Å². The van der Waals surface area contributed by atoms with Crippen LogP contribution in [0, 0.1) is 0 Å². The van der Waals surface area contributed by atoms with Crippen LogP contribution in [-0.2, 0) is 6.54 Å². The number of carbonyl (C=O) groups is 1. The van der Waals surface area contributed by atoms with E-state index in [1.54, 1.807) is 30.1 Å². The highest BCUT2D eigenvalue weighted by molar-refractivity contribution is 6.30. The molecule has 0 saturated carbocycles. The van der Waals surface area contributed by atoms with Gasteiger partial charge in [0.1, 0.15) is 0 Å². The third-order valence-electron chi connectivity index (χ3n) is 2.70. The van der Waals surface area contributed by atoms with Gasteiger partial charge in [0.25, 0.3) is 5.91 Å². The summed E-state index contributed by atoms with van der Waals surface area (Å²) in [6.45, 7) is 0.461. The Bertz CT molecular complexity index is 634. The van der Waals surface area contributed by atoms with E-state index < -0.39 is 0 Å². The second kappa shape index (κ2) is 5.71. The molecule has 19 heavy (non-hydrogen) atoms. The summed E-state index contributed by atoms with van der Waals surface area (Å²) in [5.41, 5.74) is 1.07. The van der Waals surface area contributed by atoms with Crippen molar-refractivity contribution in [2.24, 2.45) is 0 Å². The van der Waals surface area contributed by atoms with Crippen LogP contribution in [0.5, 0.6) is 0 Å². The fourth-order valence-electron chi connectivity index (χ4n) is 1.73. The van der Waals surface area contributed by atoms with Gasteiger partial charge in [-0.15, -0.1) is 0 Å². The number of nitrogens with one attached hydrogen (secondary N) is 1. The molecule has 2 rings (SSSR count). The van der Waals surface area contributed by atoms with Crippen LogP contribution in [-0.4, -0.2) is 22.8 Å². The number of carbonyl (C=O) groups excluding carboxylic acids is 1. The van der Waals surface area contributed by atoms with Crippen LogP contribution in [0.1, 0.15) is 15.9 Å². The molecular weight excluding hydrogens is 264 g/mol. The van der Waals surface area contributed by atoms with Gasteiger partial charge in [-0.25, -0.2) is 0 Å². The molecule has 1 aromatic carbocycles. The molecule has 5 heteroatoms. The molecule has 0 spiro atoms. The number of amides is 1. The Hall–Kier alpha value is -2.07. The maximum Gasteiger partial charge on any atom is 0.254 e. The summed E-state index contributed by atoms with van der Waals surface area (Å²) in [7, 11) is 1.69. The van der Waals surface area contributed by atoms with Crippen LogP contribution in [0.2, 0.25) is 5.02 Å². The number of hydrogen-bond donors (Lipinski definition) is 1. The number of rotatable bonds is 3. The van der Waals surface area contributed by atoms with Gasteiger partial charge in [-0.05, 0) is 23.8 Å². The number of H-pyrrole nitrogens is 1. The SMILES string of the molecule is CN(Cc1ccc(Cl)cc1)C(=O)c1cc[nH]c(=O)c1. The van der Waals surface area contributed by atoms with E-state index in [-0.39, 0.29) is 11.5 Å². The molecule has 0 aliphatic carbocycles. The Morgan fingerprint density at radius 2 is 1.95 bits per heavy atom. The van der Waals surface area contributed by atoms with Crippen molar-refractivity contribution in [2.45, 2.75) is 6.54 Å². The molecule has 0 radical (unpaired) electrons. The average molecular weight is 277 g/mol. The average Bonchev–Trinajstić information content (AvgIpc) is 2.40. The predicted octanol–water partition coefficient (Wildman–Crippen LogP) is 2.30. The zero-order valence-electron chi connectivity index (χ0n) is 10.4. The fourth-order valence-corrected chi connectivity index (χ4v) is 1.86. The van der Waals surface area contributed by atoms with Crippen molar-refractivity contribution < 1.29 is 4.79 Å². The van der Waals surface area contributed by atoms with Crippen molar-refractivity contribution in [3.63, 3.8) is 0 Å². The topological polar surface area (TPSA) is 53.2 Å². The highest BCUT2D eigenvalue weighted by Crippen LogP contribution is 2.12. The Kier molecular flexibility index (Phi) is 4.02. The van der Waals surface area contributed by atoms with Crippen molar-refractivity contribution in [1.82, 2.24) is 9.88 Å². The summed E-state index contributed by atoms with van der Waals surface area (Å²) in [6.07, 6.45) is 1.46. The Morgan fingerprint density at radius 3 is 2.58 bits per heavy atom. The molecule has 0 unspecified atom stereocenters. The normalized spacial score (nSPS) is 10.2. The van der Waals surface area contributed by atoms with Crippen molar-refractivity contribution in [3.05, 3.63) is 69.1 Å². The molecule has 0 fully saturated rings. The van der Waals surface area contributed by atoms with Crippen molar-refractivity contribution in [1.29, 1.82) is 0 Å². The van der Waals surface area contributed by atoms with Gasteiger partial charge in [-0.3, -0.25) is 9.59 Å². The van der Waals surface area contributed by atoms with Crippen LogP contribution < -0.4 is 5.56 Å². The predicted molar refractivity (Wildman–Crippen MR) is 74.3 cm³/mol. The number of aromatic amines is 1. The highest BCUT2D eigenvalue weighted by atomic mass is 35.5. The minimum absolute atomic E-state index is 0.193. The first-order valence-electron chi connectivity index (χ1n) is 5.75. The van der Waals surface area contributed by atoms with Crippen LogP contribution in [0.4, 0.5) is 0 Å². The van der Waals surface area contributed by atoms with E-state index in [0.717, 1.165) is 5.56 Å². The number of halogens is 1. The lowest BCUT2D eigenvalue weighted by Crippen LogP contribution is -2.27. The number of benzene rings is 1. The Labute approximate surface area is 115 Å². The van der Waals surface area contributed by atoms with Gasteiger partial charge < -0.3 is 9.88 Å². The zero-order chi connectivity index (χ0) is 13.8. The summed E-state index contributed by atoms with van der Waals surface area (Å²) in [4.78, 5) is 27.3. The number of aromatic nitrogens is 1. The third-order valence-corrected chi connectivity index (χ3v) is 2.95. The second-order valence-electron chi connectivity index (χ2n) is 4.23. The standard InChI is InChI=1S/C14H13ClN2O2/c1-17(9-10-2-4-12(15)5-3-10)14(19)11-6-7-16-13(18)8-11/h2-8H,9H2,1H3,(H,16,18). The maximum absolute atomic E-state index is 12.1. The van der Waals surface area contributed by atoms with E-state index in [4.69, 9.17) is 11.6 Å². The maximum atomic E-state index is 12.1. The van der Waals surface area contributed by atoms with Gasteiger partial charge >= 0.3 is 0 Å². The molecular formula is C14H13ClN2O2. The first-order chi connectivity index (χ1) is 9.06. The summed E-state index contributed by atoms with van der Waals surface area (Å²) in [5.74, 6) is -0.193. The lowest BCUT2D eigenvalue weighted by atomic mass is 10.2. The lowest BCUT2D eigenvalue weighted by molar-refractivity contribution is 0.0785. The molecule has 0 saturated heterocycles. The first kappa shape index (κ1) is 13.4. The number of nitrogens with zero attached hydrogens (tertiary/aromatic N) is 1.